The Hall–Kier alpha value is -1.89. The number of aryl methyl sites for hydroxylation is 1. The molecule has 0 amide bonds. The van der Waals surface area contributed by atoms with Crippen molar-refractivity contribution in [3.05, 3.63) is 26.7 Å². The number of H-pyrrole nitrogens is 2. The number of aliphatic hydroxyl groups excluding tert-OH is 1. The van der Waals surface area contributed by atoms with Crippen LogP contribution in [0.1, 0.15) is 44.9 Å². The van der Waals surface area contributed by atoms with Crippen LogP contribution in [0.2, 0.25) is 0 Å². The highest BCUT2D eigenvalue weighted by Crippen LogP contribution is 2.65. The van der Waals surface area contributed by atoms with Crippen LogP contribution < -0.4 is 11.2 Å². The van der Waals surface area contributed by atoms with Crippen molar-refractivity contribution in [2.45, 2.75) is 57.1 Å². The van der Waals surface area contributed by atoms with Crippen LogP contribution in [0.4, 0.5) is 0 Å². The lowest BCUT2D eigenvalue weighted by molar-refractivity contribution is 0.0167. The molecule has 0 aliphatic heterocycles. The number of rotatable bonds is 3. The molecule has 7 heteroatoms. The Labute approximate surface area is 138 Å². The van der Waals surface area contributed by atoms with E-state index in [2.05, 4.69) is 9.97 Å². The minimum atomic E-state index is -0.393. The van der Waals surface area contributed by atoms with Crippen LogP contribution in [0.5, 0.6) is 0 Å². The van der Waals surface area contributed by atoms with E-state index in [-0.39, 0.29) is 11.5 Å². The maximum Gasteiger partial charge on any atom is 0.330 e. The predicted molar refractivity (Wildman–Crippen MR) is 87.9 cm³/mol. The first-order chi connectivity index (χ1) is 11.5. The van der Waals surface area contributed by atoms with E-state index in [9.17, 15) is 14.7 Å². The van der Waals surface area contributed by atoms with Crippen LogP contribution in [0.15, 0.2) is 9.59 Å². The van der Waals surface area contributed by atoms with Crippen LogP contribution in [-0.4, -0.2) is 30.7 Å². The van der Waals surface area contributed by atoms with Crippen LogP contribution in [0.25, 0.3) is 11.2 Å². The fourth-order valence-corrected chi connectivity index (χ4v) is 5.80. The van der Waals surface area contributed by atoms with Gasteiger partial charge in [-0.05, 0) is 49.9 Å². The first kappa shape index (κ1) is 14.5. The van der Waals surface area contributed by atoms with Crippen LogP contribution in [-0.2, 0) is 12.0 Å². The third-order valence-electron chi connectivity index (χ3n) is 6.73. The zero-order chi connectivity index (χ0) is 16.6. The van der Waals surface area contributed by atoms with Gasteiger partial charge in [0.15, 0.2) is 5.65 Å². The monoisotopic (exact) mass is 330 g/mol. The van der Waals surface area contributed by atoms with Crippen LogP contribution >= 0.6 is 0 Å². The minimum Gasteiger partial charge on any atom is -0.393 e. The molecule has 0 aromatic carbocycles. The number of fused-ring (bicyclic) bond motifs is 1. The average Bonchev–Trinajstić information content (AvgIpc) is 3.17. The summed E-state index contributed by atoms with van der Waals surface area (Å²) in [4.78, 5) is 34.7. The van der Waals surface area contributed by atoms with Gasteiger partial charge in [-0.25, -0.2) is 9.78 Å². The van der Waals surface area contributed by atoms with Gasteiger partial charge in [0.1, 0.15) is 11.3 Å². The molecule has 0 saturated heterocycles. The molecule has 4 aliphatic carbocycles. The van der Waals surface area contributed by atoms with Crippen molar-refractivity contribution >= 4 is 11.2 Å². The number of imidazole rings is 1. The SMILES string of the molecule is CCCn1c(=O)[nH]c(=O)c2[nH]c(C34CC5C[C@H]3C[C@H](C4)[C@@H]5O)nc21. The second kappa shape index (κ2) is 4.59. The quantitative estimate of drug-likeness (QED) is 0.777. The van der Waals surface area contributed by atoms with E-state index < -0.39 is 11.2 Å². The van der Waals surface area contributed by atoms with E-state index in [1.165, 1.54) is 0 Å². The first-order valence-corrected chi connectivity index (χ1v) is 8.95. The smallest absolute Gasteiger partial charge is 0.330 e. The third kappa shape index (κ3) is 1.63. The molecule has 2 aromatic heterocycles. The number of aromatic nitrogens is 4. The van der Waals surface area contributed by atoms with E-state index in [0.29, 0.717) is 35.5 Å². The normalized spacial score (nSPS) is 36.9. The van der Waals surface area contributed by atoms with Crippen molar-refractivity contribution in [3.8, 4) is 0 Å². The molecule has 2 heterocycles. The van der Waals surface area contributed by atoms with Crippen molar-refractivity contribution in [3.63, 3.8) is 0 Å². The molecule has 6 rings (SSSR count). The van der Waals surface area contributed by atoms with E-state index in [1.54, 1.807) is 4.57 Å². The fourth-order valence-electron chi connectivity index (χ4n) is 5.80. The lowest BCUT2D eigenvalue weighted by atomic mass is 9.73. The summed E-state index contributed by atoms with van der Waals surface area (Å²) in [6, 6.07) is 0. The van der Waals surface area contributed by atoms with Crippen LogP contribution in [0, 0.1) is 17.8 Å². The second-order valence-corrected chi connectivity index (χ2v) is 7.94. The van der Waals surface area contributed by atoms with Gasteiger partial charge < -0.3 is 10.1 Å². The van der Waals surface area contributed by atoms with Gasteiger partial charge in [-0.2, -0.15) is 0 Å². The van der Waals surface area contributed by atoms with Gasteiger partial charge in [0.25, 0.3) is 5.56 Å². The molecule has 0 radical (unpaired) electrons. The highest BCUT2D eigenvalue weighted by molar-refractivity contribution is 5.70. The summed E-state index contributed by atoms with van der Waals surface area (Å²) in [7, 11) is 0. The van der Waals surface area contributed by atoms with Crippen molar-refractivity contribution in [1.29, 1.82) is 0 Å². The predicted octanol–water partition coefficient (Wildman–Crippen LogP) is 0.871. The summed E-state index contributed by atoms with van der Waals surface area (Å²) in [5, 5.41) is 10.4. The van der Waals surface area contributed by atoms with Gasteiger partial charge in [0.2, 0.25) is 0 Å². The molecule has 2 unspecified atom stereocenters. The largest absolute Gasteiger partial charge is 0.393 e. The van der Waals surface area contributed by atoms with E-state index in [0.717, 1.165) is 37.9 Å². The molecule has 4 aliphatic rings. The first-order valence-electron chi connectivity index (χ1n) is 8.95. The van der Waals surface area contributed by atoms with E-state index >= 15 is 0 Å². The number of aliphatic hydroxyl groups is 1. The molecule has 3 N–H and O–H groups in total. The Kier molecular flexibility index (Phi) is 2.77. The average molecular weight is 330 g/mol. The Balaban J connectivity index is 1.70. The zero-order valence-corrected chi connectivity index (χ0v) is 13.7. The number of hydrogen-bond acceptors (Lipinski definition) is 4. The van der Waals surface area contributed by atoms with Crippen LogP contribution in [0.3, 0.4) is 0 Å². The van der Waals surface area contributed by atoms with Gasteiger partial charge in [0, 0.05) is 12.0 Å². The molecule has 4 saturated carbocycles. The molecule has 4 bridgehead atoms. The van der Waals surface area contributed by atoms with Crippen molar-refractivity contribution in [2.75, 3.05) is 0 Å². The number of nitrogens with zero attached hydrogens (tertiary/aromatic N) is 2. The highest BCUT2D eigenvalue weighted by atomic mass is 16.3. The summed E-state index contributed by atoms with van der Waals surface area (Å²) >= 11 is 0. The molecular weight excluding hydrogens is 308 g/mol. The van der Waals surface area contributed by atoms with Gasteiger partial charge in [-0.3, -0.25) is 14.3 Å². The van der Waals surface area contributed by atoms with Gasteiger partial charge in [-0.15, -0.1) is 0 Å². The van der Waals surface area contributed by atoms with Gasteiger partial charge >= 0.3 is 5.69 Å². The topological polar surface area (TPSA) is 104 Å². The van der Waals surface area contributed by atoms with Gasteiger partial charge in [0.05, 0.1) is 6.10 Å². The molecule has 128 valence electrons. The third-order valence-corrected chi connectivity index (χ3v) is 6.73. The van der Waals surface area contributed by atoms with Crippen molar-refractivity contribution in [1.82, 2.24) is 19.5 Å². The summed E-state index contributed by atoms with van der Waals surface area (Å²) in [5.74, 6) is 2.08. The minimum absolute atomic E-state index is 0.0485. The maximum absolute atomic E-state index is 12.2. The molecule has 4 fully saturated rings. The summed E-state index contributed by atoms with van der Waals surface area (Å²) < 4.78 is 1.56. The molecule has 2 aromatic rings. The Morgan fingerprint density at radius 3 is 2.62 bits per heavy atom. The van der Waals surface area contributed by atoms with Crippen molar-refractivity contribution < 1.29 is 5.11 Å². The molecular formula is C17H22N4O3. The summed E-state index contributed by atoms with van der Waals surface area (Å²) in [6.45, 7) is 2.53. The molecule has 0 spiro atoms. The lowest BCUT2D eigenvalue weighted by Crippen LogP contribution is -2.36. The van der Waals surface area contributed by atoms with Crippen molar-refractivity contribution in [2.24, 2.45) is 17.8 Å². The Morgan fingerprint density at radius 2 is 1.96 bits per heavy atom. The highest BCUT2D eigenvalue weighted by Gasteiger charge is 2.63. The summed E-state index contributed by atoms with van der Waals surface area (Å²) in [5.41, 5.74) is 0.0429. The lowest BCUT2D eigenvalue weighted by Gasteiger charge is -2.34. The van der Waals surface area contributed by atoms with E-state index in [1.807, 2.05) is 6.92 Å². The Morgan fingerprint density at radius 1 is 1.25 bits per heavy atom. The number of aromatic amines is 2. The maximum atomic E-state index is 12.2. The molecule has 5 atom stereocenters. The summed E-state index contributed by atoms with van der Waals surface area (Å²) in [6.07, 6.45) is 4.59. The van der Waals surface area contributed by atoms with Gasteiger partial charge in [-0.1, -0.05) is 6.92 Å². The number of hydrogen-bond donors (Lipinski definition) is 3. The molecule has 7 nitrogen and oxygen atoms in total. The standard InChI is InChI=1S/C17H22N4O3/c1-2-3-21-13-11(14(23)20-16(21)24)18-15(19-13)17-6-8-4-10(17)5-9(7-17)12(8)22/h8-10,12,22H,2-7H2,1H3,(H,18,19)(H,20,23,24)/t8-,9?,10-,12+,17?/m1/s1. The number of nitrogens with one attached hydrogen (secondary N) is 2. The molecule has 24 heavy (non-hydrogen) atoms. The zero-order valence-electron chi connectivity index (χ0n) is 13.7. The second-order valence-electron chi connectivity index (χ2n) is 7.94. The van der Waals surface area contributed by atoms with E-state index in [4.69, 9.17) is 4.98 Å². The Bertz CT molecular complexity index is 923. The fraction of sp³-hybridized carbons (Fsp3) is 0.706.